The molecule has 2 heterocycles. The second-order valence-electron chi connectivity index (χ2n) is 5.98. The number of carbonyl (C=O) groups is 1. The highest BCUT2D eigenvalue weighted by Crippen LogP contribution is 2.22. The molecule has 1 aromatic carbocycles. The molecule has 1 aromatic heterocycles. The molecule has 126 valence electrons. The van der Waals surface area contributed by atoms with Crippen LogP contribution in [0.25, 0.3) is 11.3 Å². The van der Waals surface area contributed by atoms with Crippen molar-refractivity contribution in [3.63, 3.8) is 0 Å². The van der Waals surface area contributed by atoms with Crippen LogP contribution in [0.4, 0.5) is 4.39 Å². The number of aromatic nitrogens is 2. The van der Waals surface area contributed by atoms with Gasteiger partial charge in [0, 0.05) is 18.2 Å². The molecule has 0 N–H and O–H groups in total. The van der Waals surface area contributed by atoms with Crippen molar-refractivity contribution >= 4 is 17.7 Å². The summed E-state index contributed by atoms with van der Waals surface area (Å²) in [6.07, 6.45) is 3.38. The van der Waals surface area contributed by atoms with E-state index >= 15 is 0 Å². The van der Waals surface area contributed by atoms with E-state index in [9.17, 15) is 9.18 Å². The predicted octanol–water partition coefficient (Wildman–Crippen LogP) is 3.78. The van der Waals surface area contributed by atoms with Gasteiger partial charge in [-0.2, -0.15) is 0 Å². The average molecular weight is 345 g/mol. The van der Waals surface area contributed by atoms with E-state index in [1.54, 1.807) is 12.1 Å². The van der Waals surface area contributed by atoms with Gasteiger partial charge in [0.2, 0.25) is 5.91 Å². The summed E-state index contributed by atoms with van der Waals surface area (Å²) in [6, 6.07) is 10.2. The van der Waals surface area contributed by atoms with Crippen molar-refractivity contribution in [3.8, 4) is 11.3 Å². The van der Waals surface area contributed by atoms with Gasteiger partial charge in [0.25, 0.3) is 0 Å². The number of piperidine rings is 1. The Kier molecular flexibility index (Phi) is 5.45. The maximum atomic E-state index is 12.9. The summed E-state index contributed by atoms with van der Waals surface area (Å²) in [4.78, 5) is 14.3. The number of halogens is 1. The van der Waals surface area contributed by atoms with Gasteiger partial charge in [0.05, 0.1) is 11.4 Å². The highest BCUT2D eigenvalue weighted by atomic mass is 32.2. The van der Waals surface area contributed by atoms with Crippen LogP contribution < -0.4 is 0 Å². The SMILES string of the molecule is C[C@@H]1CCCCN1C(=O)CSc1ccc(-c2ccc(F)cc2)nn1. The maximum Gasteiger partial charge on any atom is 0.233 e. The number of hydrogen-bond acceptors (Lipinski definition) is 4. The number of rotatable bonds is 4. The fraction of sp³-hybridized carbons (Fsp3) is 0.389. The summed E-state index contributed by atoms with van der Waals surface area (Å²) >= 11 is 1.41. The Morgan fingerprint density at radius 2 is 2.00 bits per heavy atom. The van der Waals surface area contributed by atoms with Crippen LogP contribution in [0.1, 0.15) is 26.2 Å². The Morgan fingerprint density at radius 1 is 1.21 bits per heavy atom. The molecular formula is C18H20FN3OS. The average Bonchev–Trinajstić information content (AvgIpc) is 2.61. The van der Waals surface area contributed by atoms with E-state index in [4.69, 9.17) is 0 Å². The van der Waals surface area contributed by atoms with E-state index in [0.717, 1.165) is 30.0 Å². The van der Waals surface area contributed by atoms with Gasteiger partial charge in [-0.05, 0) is 62.6 Å². The van der Waals surface area contributed by atoms with Gasteiger partial charge in [-0.15, -0.1) is 10.2 Å². The third-order valence-electron chi connectivity index (χ3n) is 4.25. The topological polar surface area (TPSA) is 46.1 Å². The molecule has 6 heteroatoms. The first-order valence-corrected chi connectivity index (χ1v) is 9.14. The normalized spacial score (nSPS) is 17.8. The van der Waals surface area contributed by atoms with Gasteiger partial charge in [-0.1, -0.05) is 11.8 Å². The van der Waals surface area contributed by atoms with E-state index < -0.39 is 0 Å². The van der Waals surface area contributed by atoms with Crippen LogP contribution in [0.3, 0.4) is 0 Å². The third kappa shape index (κ3) is 4.12. The van der Waals surface area contributed by atoms with E-state index in [0.29, 0.717) is 17.5 Å². The van der Waals surface area contributed by atoms with Gasteiger partial charge in [0.15, 0.2) is 0 Å². The van der Waals surface area contributed by atoms with E-state index in [-0.39, 0.29) is 11.7 Å². The van der Waals surface area contributed by atoms with Gasteiger partial charge in [-0.25, -0.2) is 4.39 Å². The van der Waals surface area contributed by atoms with Crippen molar-refractivity contribution in [2.24, 2.45) is 0 Å². The molecule has 0 saturated carbocycles. The van der Waals surface area contributed by atoms with Crippen LogP contribution in [0.2, 0.25) is 0 Å². The first-order chi connectivity index (χ1) is 11.6. The standard InChI is InChI=1S/C18H20FN3OS/c1-13-4-2-3-11-22(13)18(23)12-24-17-10-9-16(20-21-17)14-5-7-15(19)8-6-14/h5-10,13H,2-4,11-12H2,1H3/t13-/m1/s1. The number of benzene rings is 1. The lowest BCUT2D eigenvalue weighted by Crippen LogP contribution is -2.42. The van der Waals surface area contributed by atoms with Gasteiger partial charge < -0.3 is 4.90 Å². The number of carbonyl (C=O) groups excluding carboxylic acids is 1. The second kappa shape index (κ2) is 7.75. The summed E-state index contributed by atoms with van der Waals surface area (Å²) in [5, 5.41) is 9.05. The Hall–Kier alpha value is -1.95. The first kappa shape index (κ1) is 16.9. The summed E-state index contributed by atoms with van der Waals surface area (Å²) in [6.45, 7) is 2.97. The van der Waals surface area contributed by atoms with Crippen LogP contribution in [0.5, 0.6) is 0 Å². The molecule has 3 rings (SSSR count). The minimum Gasteiger partial charge on any atom is -0.339 e. The van der Waals surface area contributed by atoms with Crippen molar-refractivity contribution in [1.29, 1.82) is 0 Å². The van der Waals surface area contributed by atoms with Crippen LogP contribution in [-0.4, -0.2) is 39.3 Å². The van der Waals surface area contributed by atoms with Crippen molar-refractivity contribution in [1.82, 2.24) is 15.1 Å². The highest BCUT2D eigenvalue weighted by Gasteiger charge is 2.23. The third-order valence-corrected chi connectivity index (χ3v) is 5.15. The molecule has 4 nitrogen and oxygen atoms in total. The monoisotopic (exact) mass is 345 g/mol. The molecule has 1 amide bonds. The van der Waals surface area contributed by atoms with Crippen LogP contribution >= 0.6 is 11.8 Å². The minimum absolute atomic E-state index is 0.164. The van der Waals surface area contributed by atoms with Gasteiger partial charge >= 0.3 is 0 Å². The lowest BCUT2D eigenvalue weighted by molar-refractivity contribution is -0.131. The lowest BCUT2D eigenvalue weighted by Gasteiger charge is -2.33. The van der Waals surface area contributed by atoms with Crippen LogP contribution in [-0.2, 0) is 4.79 Å². The zero-order chi connectivity index (χ0) is 16.9. The Morgan fingerprint density at radius 3 is 2.67 bits per heavy atom. The summed E-state index contributed by atoms with van der Waals surface area (Å²) < 4.78 is 12.9. The first-order valence-electron chi connectivity index (χ1n) is 8.15. The molecule has 0 bridgehead atoms. The molecule has 1 saturated heterocycles. The smallest absolute Gasteiger partial charge is 0.233 e. The van der Waals surface area contributed by atoms with Crippen molar-refractivity contribution in [2.75, 3.05) is 12.3 Å². The quantitative estimate of drug-likeness (QED) is 0.791. The molecule has 1 fully saturated rings. The molecule has 0 aliphatic carbocycles. The fourth-order valence-corrected chi connectivity index (χ4v) is 3.56. The summed E-state index contributed by atoms with van der Waals surface area (Å²) in [7, 11) is 0. The maximum absolute atomic E-state index is 12.9. The molecular weight excluding hydrogens is 325 g/mol. The number of amides is 1. The Balaban J connectivity index is 1.58. The molecule has 1 aliphatic heterocycles. The number of thioether (sulfide) groups is 1. The molecule has 1 aliphatic rings. The van der Waals surface area contributed by atoms with Crippen molar-refractivity contribution in [2.45, 2.75) is 37.3 Å². The van der Waals surface area contributed by atoms with Crippen molar-refractivity contribution in [3.05, 3.63) is 42.2 Å². The Bertz CT molecular complexity index is 690. The number of likely N-dealkylation sites (tertiary alicyclic amines) is 1. The van der Waals surface area contributed by atoms with Crippen LogP contribution in [0, 0.1) is 5.82 Å². The predicted molar refractivity (Wildman–Crippen MR) is 93.2 cm³/mol. The van der Waals surface area contributed by atoms with Crippen molar-refractivity contribution < 1.29 is 9.18 Å². The van der Waals surface area contributed by atoms with Crippen LogP contribution in [0.15, 0.2) is 41.4 Å². The second-order valence-corrected chi connectivity index (χ2v) is 6.98. The summed E-state index contributed by atoms with van der Waals surface area (Å²) in [5.41, 5.74) is 1.51. The molecule has 0 unspecified atom stereocenters. The molecule has 0 spiro atoms. The molecule has 24 heavy (non-hydrogen) atoms. The Labute approximate surface area is 145 Å². The number of nitrogens with zero attached hydrogens (tertiary/aromatic N) is 3. The van der Waals surface area contributed by atoms with E-state index in [2.05, 4.69) is 17.1 Å². The molecule has 1 atom stereocenters. The van der Waals surface area contributed by atoms with E-state index in [1.807, 2.05) is 17.0 Å². The minimum atomic E-state index is -0.274. The zero-order valence-corrected chi connectivity index (χ0v) is 14.4. The van der Waals surface area contributed by atoms with Gasteiger partial charge in [0.1, 0.15) is 10.8 Å². The molecule has 2 aromatic rings. The zero-order valence-electron chi connectivity index (χ0n) is 13.6. The van der Waals surface area contributed by atoms with Gasteiger partial charge in [-0.3, -0.25) is 4.79 Å². The fourth-order valence-electron chi connectivity index (χ4n) is 2.86. The lowest BCUT2D eigenvalue weighted by atomic mass is 10.0. The summed E-state index contributed by atoms with van der Waals surface area (Å²) in [5.74, 6) is 0.274. The number of hydrogen-bond donors (Lipinski definition) is 0. The largest absolute Gasteiger partial charge is 0.339 e. The van der Waals surface area contributed by atoms with E-state index in [1.165, 1.54) is 30.3 Å². The highest BCUT2D eigenvalue weighted by molar-refractivity contribution is 7.99. The molecule has 0 radical (unpaired) electrons.